The average Bonchev–Trinajstić information content (AvgIpc) is 2.10. The van der Waals surface area contributed by atoms with E-state index in [1.54, 1.807) is 0 Å². The van der Waals surface area contributed by atoms with E-state index in [4.69, 9.17) is 5.26 Å². The first kappa shape index (κ1) is 12.0. The van der Waals surface area contributed by atoms with Crippen molar-refractivity contribution < 1.29 is 4.79 Å². The van der Waals surface area contributed by atoms with E-state index in [-0.39, 0.29) is 5.91 Å². The Balaban J connectivity index is 3.41. The molecule has 0 spiro atoms. The fraction of sp³-hybridized carbons (Fsp3) is 0.800. The summed E-state index contributed by atoms with van der Waals surface area (Å²) in [5.41, 5.74) is 0. The van der Waals surface area contributed by atoms with E-state index in [9.17, 15) is 4.79 Å². The Morgan fingerprint density at radius 2 is 1.92 bits per heavy atom. The lowest BCUT2D eigenvalue weighted by Crippen LogP contribution is -2.24. The van der Waals surface area contributed by atoms with E-state index in [1.807, 2.05) is 6.19 Å². The van der Waals surface area contributed by atoms with E-state index in [2.05, 4.69) is 6.92 Å². The zero-order valence-electron chi connectivity index (χ0n) is 8.55. The van der Waals surface area contributed by atoms with Gasteiger partial charge in [0.25, 0.3) is 0 Å². The van der Waals surface area contributed by atoms with Crippen molar-refractivity contribution in [1.82, 2.24) is 4.90 Å². The van der Waals surface area contributed by atoms with Gasteiger partial charge in [-0.1, -0.05) is 32.6 Å². The molecule has 13 heavy (non-hydrogen) atoms. The number of hydrogen-bond donors (Lipinski definition) is 0. The van der Waals surface area contributed by atoms with Gasteiger partial charge in [0.2, 0.25) is 5.91 Å². The number of nitrogens with zero attached hydrogens (tertiary/aromatic N) is 2. The van der Waals surface area contributed by atoms with Crippen molar-refractivity contribution in [3.63, 3.8) is 0 Å². The fourth-order valence-corrected chi connectivity index (χ4v) is 1.15. The largest absolute Gasteiger partial charge is 0.274 e. The van der Waals surface area contributed by atoms with Gasteiger partial charge in [-0.05, 0) is 6.42 Å². The third-order valence-electron chi connectivity index (χ3n) is 1.99. The molecule has 0 rings (SSSR count). The minimum Gasteiger partial charge on any atom is -0.274 e. The number of hydrogen-bond acceptors (Lipinski definition) is 2. The van der Waals surface area contributed by atoms with Crippen molar-refractivity contribution in [2.24, 2.45) is 0 Å². The molecular formula is C10H18N2O. The number of carbonyl (C=O) groups excluding carboxylic acids is 1. The van der Waals surface area contributed by atoms with Gasteiger partial charge in [-0.2, -0.15) is 5.26 Å². The molecule has 0 atom stereocenters. The van der Waals surface area contributed by atoms with Gasteiger partial charge in [-0.25, -0.2) is 4.90 Å². The molecule has 1 amide bonds. The van der Waals surface area contributed by atoms with Crippen LogP contribution in [0.4, 0.5) is 0 Å². The standard InChI is InChI=1S/C10H18N2O/c1-3-4-5-6-7-8-12(9-11)10(2)13/h3-8H2,1-2H3. The third-order valence-corrected chi connectivity index (χ3v) is 1.99. The molecule has 0 saturated heterocycles. The third kappa shape index (κ3) is 6.15. The molecular weight excluding hydrogens is 164 g/mol. The van der Waals surface area contributed by atoms with E-state index >= 15 is 0 Å². The summed E-state index contributed by atoms with van der Waals surface area (Å²) in [6, 6.07) is 0. The molecule has 0 aromatic rings. The van der Waals surface area contributed by atoms with Crippen molar-refractivity contribution in [3.05, 3.63) is 0 Å². The highest BCUT2D eigenvalue weighted by Crippen LogP contribution is 2.03. The Bertz CT molecular complexity index is 184. The van der Waals surface area contributed by atoms with Gasteiger partial charge < -0.3 is 0 Å². The lowest BCUT2D eigenvalue weighted by Gasteiger charge is -2.09. The summed E-state index contributed by atoms with van der Waals surface area (Å²) >= 11 is 0. The van der Waals surface area contributed by atoms with Crippen LogP contribution in [0.3, 0.4) is 0 Å². The fourth-order valence-electron chi connectivity index (χ4n) is 1.15. The predicted octanol–water partition coefficient (Wildman–Crippen LogP) is 2.29. The highest BCUT2D eigenvalue weighted by molar-refractivity contribution is 5.74. The maximum absolute atomic E-state index is 10.8. The van der Waals surface area contributed by atoms with Gasteiger partial charge in [0.15, 0.2) is 6.19 Å². The van der Waals surface area contributed by atoms with Gasteiger partial charge in [-0.3, -0.25) is 4.79 Å². The predicted molar refractivity (Wildman–Crippen MR) is 51.8 cm³/mol. The second-order valence-electron chi connectivity index (χ2n) is 3.18. The normalized spacial score (nSPS) is 9.31. The van der Waals surface area contributed by atoms with Crippen LogP contribution in [0.25, 0.3) is 0 Å². The van der Waals surface area contributed by atoms with Crippen LogP contribution < -0.4 is 0 Å². The summed E-state index contributed by atoms with van der Waals surface area (Å²) in [5, 5.41) is 8.55. The first-order valence-corrected chi connectivity index (χ1v) is 4.90. The first-order chi connectivity index (χ1) is 6.22. The maximum Gasteiger partial charge on any atom is 0.232 e. The molecule has 0 N–H and O–H groups in total. The molecule has 0 radical (unpaired) electrons. The van der Waals surface area contributed by atoms with E-state index in [1.165, 1.54) is 31.1 Å². The Labute approximate surface area is 80.3 Å². The highest BCUT2D eigenvalue weighted by atomic mass is 16.2. The summed E-state index contributed by atoms with van der Waals surface area (Å²) in [6.45, 7) is 4.17. The number of nitriles is 1. The molecule has 74 valence electrons. The van der Waals surface area contributed by atoms with Crippen LogP contribution >= 0.6 is 0 Å². The summed E-state index contributed by atoms with van der Waals surface area (Å²) < 4.78 is 0. The van der Waals surface area contributed by atoms with Crippen molar-refractivity contribution in [2.75, 3.05) is 6.54 Å². The molecule has 0 unspecified atom stereocenters. The molecule has 0 aliphatic heterocycles. The number of amides is 1. The van der Waals surface area contributed by atoms with Crippen LogP contribution in [0.15, 0.2) is 0 Å². The summed E-state index contributed by atoms with van der Waals surface area (Å²) in [6.07, 6.45) is 7.59. The SMILES string of the molecule is CCCCCCCN(C#N)C(C)=O. The highest BCUT2D eigenvalue weighted by Gasteiger charge is 2.05. The van der Waals surface area contributed by atoms with Gasteiger partial charge in [0.1, 0.15) is 0 Å². The quantitative estimate of drug-likeness (QED) is 0.359. The van der Waals surface area contributed by atoms with Crippen molar-refractivity contribution in [3.8, 4) is 6.19 Å². The Morgan fingerprint density at radius 1 is 1.31 bits per heavy atom. The molecule has 0 heterocycles. The molecule has 0 aliphatic rings. The molecule has 0 saturated carbocycles. The van der Waals surface area contributed by atoms with E-state index in [0.29, 0.717) is 6.54 Å². The van der Waals surface area contributed by atoms with Crippen LogP contribution in [-0.4, -0.2) is 17.4 Å². The molecule has 0 fully saturated rings. The van der Waals surface area contributed by atoms with E-state index in [0.717, 1.165) is 12.8 Å². The van der Waals surface area contributed by atoms with Crippen LogP contribution in [0.2, 0.25) is 0 Å². The topological polar surface area (TPSA) is 44.1 Å². The molecule has 0 bridgehead atoms. The summed E-state index contributed by atoms with van der Waals surface area (Å²) in [4.78, 5) is 12.0. The van der Waals surface area contributed by atoms with Crippen LogP contribution in [-0.2, 0) is 4.79 Å². The monoisotopic (exact) mass is 182 g/mol. The molecule has 3 nitrogen and oxygen atoms in total. The van der Waals surface area contributed by atoms with Crippen molar-refractivity contribution in [1.29, 1.82) is 5.26 Å². The minimum atomic E-state index is -0.155. The zero-order valence-corrected chi connectivity index (χ0v) is 8.55. The van der Waals surface area contributed by atoms with Crippen molar-refractivity contribution in [2.45, 2.75) is 46.0 Å². The van der Waals surface area contributed by atoms with E-state index < -0.39 is 0 Å². The molecule has 3 heteroatoms. The number of carbonyl (C=O) groups is 1. The summed E-state index contributed by atoms with van der Waals surface area (Å²) in [7, 11) is 0. The minimum absolute atomic E-state index is 0.155. The van der Waals surface area contributed by atoms with Crippen LogP contribution in [0, 0.1) is 11.5 Å². The second kappa shape index (κ2) is 7.60. The maximum atomic E-state index is 10.8. The average molecular weight is 182 g/mol. The molecule has 0 aromatic heterocycles. The Kier molecular flexibility index (Phi) is 6.99. The van der Waals surface area contributed by atoms with Crippen LogP contribution in [0.1, 0.15) is 46.0 Å². The Hall–Kier alpha value is -1.04. The van der Waals surface area contributed by atoms with Gasteiger partial charge in [0.05, 0.1) is 0 Å². The van der Waals surface area contributed by atoms with Crippen molar-refractivity contribution >= 4 is 5.91 Å². The first-order valence-electron chi connectivity index (χ1n) is 4.90. The number of unbranched alkanes of at least 4 members (excludes halogenated alkanes) is 4. The van der Waals surface area contributed by atoms with Gasteiger partial charge in [0, 0.05) is 13.5 Å². The van der Waals surface area contributed by atoms with Crippen LogP contribution in [0.5, 0.6) is 0 Å². The van der Waals surface area contributed by atoms with Gasteiger partial charge in [-0.15, -0.1) is 0 Å². The van der Waals surface area contributed by atoms with Gasteiger partial charge >= 0.3 is 0 Å². The smallest absolute Gasteiger partial charge is 0.232 e. The lowest BCUT2D eigenvalue weighted by atomic mass is 10.1. The summed E-state index contributed by atoms with van der Waals surface area (Å²) in [5.74, 6) is -0.155. The zero-order chi connectivity index (χ0) is 10.1. The molecule has 0 aliphatic carbocycles. The number of rotatable bonds is 6. The Morgan fingerprint density at radius 3 is 2.38 bits per heavy atom. The lowest BCUT2D eigenvalue weighted by molar-refractivity contribution is -0.125. The second-order valence-corrected chi connectivity index (χ2v) is 3.18. The molecule has 0 aromatic carbocycles.